The molecule has 0 spiro atoms. The van der Waals surface area contributed by atoms with Crippen molar-refractivity contribution >= 4 is 35.8 Å². The molecule has 0 aliphatic carbocycles. The van der Waals surface area contributed by atoms with Crippen LogP contribution in [0.5, 0.6) is 0 Å². The molecule has 0 unspecified atom stereocenters. The predicted octanol–water partition coefficient (Wildman–Crippen LogP) is 2.82. The standard InChI is InChI=1S/C20H27NO6.C6H14O3.3C3H4O2/c1-18(2,3)21-14-4-9-19(10-6-15(22)23,11-7-16(24)25)20(21,12-5-14)13-8-17(26)27;1-2-6(3-7,4-8)5-9;3*1-2-3(4)5/h6-8,10-11,13-14H,4-5,9,12H2,1-3H3,(H,22,23)(H,24,25)(H,26,27);7-9H,2-5H2,1H3;3*2H,1H2,(H,4,5)/t14-,19?,20+;;;;/m1..../s1. The van der Waals surface area contributed by atoms with Crippen LogP contribution < -0.4 is 0 Å². The van der Waals surface area contributed by atoms with E-state index < -0.39 is 52.2 Å². The molecular formula is C35H53NO15. The molecule has 2 aliphatic heterocycles. The smallest absolute Gasteiger partial charge is 0.328 e. The van der Waals surface area contributed by atoms with Gasteiger partial charge in [0.25, 0.3) is 0 Å². The maximum Gasteiger partial charge on any atom is 0.328 e. The fourth-order valence-corrected chi connectivity index (χ4v) is 5.42. The molecule has 16 heteroatoms. The van der Waals surface area contributed by atoms with E-state index in [2.05, 4.69) is 24.6 Å². The number of nitrogens with zero attached hydrogens (tertiary/aromatic N) is 1. The summed E-state index contributed by atoms with van der Waals surface area (Å²) in [5, 5.41) is 76.4. The van der Waals surface area contributed by atoms with Crippen LogP contribution in [0.15, 0.2) is 74.4 Å². The van der Waals surface area contributed by atoms with Gasteiger partial charge in [-0.15, -0.1) is 0 Å². The Hall–Kier alpha value is -4.90. The summed E-state index contributed by atoms with van der Waals surface area (Å²) in [4.78, 5) is 63.7. The molecule has 2 heterocycles. The molecule has 0 saturated carbocycles. The van der Waals surface area contributed by atoms with Crippen LogP contribution in [0.4, 0.5) is 0 Å². The third-order valence-electron chi connectivity index (χ3n) is 7.90. The Labute approximate surface area is 297 Å². The highest BCUT2D eigenvalue weighted by atomic mass is 16.4. The lowest BCUT2D eigenvalue weighted by Gasteiger charge is -2.59. The van der Waals surface area contributed by atoms with Gasteiger partial charge in [-0.3, -0.25) is 4.90 Å². The van der Waals surface area contributed by atoms with Crippen LogP contribution in [0, 0.1) is 10.8 Å². The molecule has 0 aromatic rings. The molecule has 0 aromatic heterocycles. The first kappa shape index (κ1) is 50.5. The van der Waals surface area contributed by atoms with Gasteiger partial charge < -0.3 is 46.0 Å². The Morgan fingerprint density at radius 1 is 0.627 bits per heavy atom. The van der Waals surface area contributed by atoms with Crippen molar-refractivity contribution in [2.24, 2.45) is 10.8 Å². The lowest BCUT2D eigenvalue weighted by atomic mass is 9.62. The van der Waals surface area contributed by atoms with Crippen LogP contribution >= 0.6 is 0 Å². The highest BCUT2D eigenvalue weighted by molar-refractivity contribution is 5.82. The number of carbonyl (C=O) groups is 6. The van der Waals surface area contributed by atoms with Crippen molar-refractivity contribution in [3.05, 3.63) is 74.4 Å². The topological polar surface area (TPSA) is 288 Å². The van der Waals surface area contributed by atoms with Gasteiger partial charge >= 0.3 is 35.8 Å². The summed E-state index contributed by atoms with van der Waals surface area (Å²) in [5.74, 6) is -6.29. The number of aliphatic hydroxyl groups is 3. The van der Waals surface area contributed by atoms with Crippen LogP contribution in [0.3, 0.4) is 0 Å². The van der Waals surface area contributed by atoms with E-state index in [1.165, 1.54) is 12.2 Å². The summed E-state index contributed by atoms with van der Waals surface area (Å²) >= 11 is 0. The molecule has 2 aliphatic rings. The highest BCUT2D eigenvalue weighted by Gasteiger charge is 2.61. The van der Waals surface area contributed by atoms with Gasteiger partial charge in [0.2, 0.25) is 0 Å². The minimum absolute atomic E-state index is 0.156. The van der Waals surface area contributed by atoms with E-state index in [-0.39, 0.29) is 31.4 Å². The molecule has 288 valence electrons. The van der Waals surface area contributed by atoms with Gasteiger partial charge in [-0.2, -0.15) is 0 Å². The van der Waals surface area contributed by atoms with E-state index >= 15 is 0 Å². The molecule has 0 aromatic carbocycles. The lowest BCUT2D eigenvalue weighted by Crippen LogP contribution is -2.65. The summed E-state index contributed by atoms with van der Waals surface area (Å²) in [6.07, 6.45) is 13.7. The number of aliphatic hydroxyl groups excluding tert-OH is 3. The van der Waals surface area contributed by atoms with Crippen LogP contribution in [-0.4, -0.2) is 124 Å². The second-order valence-corrected chi connectivity index (χ2v) is 12.2. The third-order valence-corrected chi connectivity index (χ3v) is 7.90. The normalized spacial score (nSPS) is 20.9. The lowest BCUT2D eigenvalue weighted by molar-refractivity contribution is -0.132. The molecule has 51 heavy (non-hydrogen) atoms. The van der Waals surface area contributed by atoms with Gasteiger partial charge in [0.1, 0.15) is 0 Å². The maximum atomic E-state index is 11.3. The van der Waals surface area contributed by atoms with E-state index in [4.69, 9.17) is 30.6 Å². The van der Waals surface area contributed by atoms with Crippen LogP contribution in [0.25, 0.3) is 0 Å². The molecule has 2 rings (SSSR count). The van der Waals surface area contributed by atoms with Gasteiger partial charge in [-0.1, -0.05) is 44.9 Å². The number of rotatable bonds is 13. The summed E-state index contributed by atoms with van der Waals surface area (Å²) in [7, 11) is 0. The number of carboxylic acid groups (broad SMARTS) is 6. The maximum absolute atomic E-state index is 11.3. The zero-order valence-corrected chi connectivity index (χ0v) is 29.5. The quantitative estimate of drug-likeness (QED) is 0.123. The second-order valence-electron chi connectivity index (χ2n) is 12.2. The Bertz CT molecular complexity index is 1200. The average Bonchev–Trinajstić information content (AvgIpc) is 3.39. The second kappa shape index (κ2) is 24.3. The summed E-state index contributed by atoms with van der Waals surface area (Å²) in [6.45, 7) is 16.3. The predicted molar refractivity (Wildman–Crippen MR) is 187 cm³/mol. The summed E-state index contributed by atoms with van der Waals surface area (Å²) in [5.41, 5.74) is -2.73. The van der Waals surface area contributed by atoms with Crippen LogP contribution in [-0.2, 0) is 28.8 Å². The van der Waals surface area contributed by atoms with E-state index in [1.807, 2.05) is 27.7 Å². The Balaban J connectivity index is -0.000000777. The third kappa shape index (κ3) is 18.1. The van der Waals surface area contributed by atoms with Crippen molar-refractivity contribution in [1.29, 1.82) is 0 Å². The number of carboxylic acids is 6. The van der Waals surface area contributed by atoms with Crippen LogP contribution in [0.1, 0.15) is 59.8 Å². The first-order valence-corrected chi connectivity index (χ1v) is 15.4. The fraction of sp³-hybridized carbons (Fsp3) is 0.486. The van der Waals surface area contributed by atoms with Crippen molar-refractivity contribution < 1.29 is 74.7 Å². The molecule has 2 bridgehead atoms. The van der Waals surface area contributed by atoms with Crippen molar-refractivity contribution in [2.45, 2.75) is 76.9 Å². The number of hydrogen-bond donors (Lipinski definition) is 9. The fourth-order valence-electron chi connectivity index (χ4n) is 5.42. The molecule has 2 atom stereocenters. The minimum atomic E-state index is -1.13. The molecular weight excluding hydrogens is 674 g/mol. The van der Waals surface area contributed by atoms with Gasteiger partial charge in [-0.25, -0.2) is 28.8 Å². The van der Waals surface area contributed by atoms with E-state index in [0.717, 1.165) is 49.3 Å². The van der Waals surface area contributed by atoms with Gasteiger partial charge in [0.05, 0.1) is 25.4 Å². The van der Waals surface area contributed by atoms with Crippen molar-refractivity contribution in [3.63, 3.8) is 0 Å². The SMILES string of the molecule is C=CC(=O)O.C=CC(=O)O.C=CC(=O)O.CC(C)(C)N1[C@@H]2CCC(C=CC(=O)O)(C=CC(=O)O)[C@@]1(C=CC(=O)O)CC2.CCC(CO)(CO)CO. The van der Waals surface area contributed by atoms with Crippen molar-refractivity contribution in [2.75, 3.05) is 19.8 Å². The Kier molecular flexibility index (Phi) is 24.0. The molecule has 0 amide bonds. The molecule has 16 nitrogen and oxygen atoms in total. The highest BCUT2D eigenvalue weighted by Crippen LogP contribution is 2.59. The monoisotopic (exact) mass is 727 g/mol. The number of fused-ring (bicyclic) bond motifs is 2. The number of piperidine rings is 1. The average molecular weight is 728 g/mol. The van der Waals surface area contributed by atoms with Gasteiger partial charge in [0, 0.05) is 58.9 Å². The number of hydrogen-bond acceptors (Lipinski definition) is 10. The zero-order valence-electron chi connectivity index (χ0n) is 29.5. The molecule has 0 radical (unpaired) electrons. The zero-order chi connectivity index (χ0) is 40.6. The van der Waals surface area contributed by atoms with Crippen molar-refractivity contribution in [3.8, 4) is 0 Å². The van der Waals surface area contributed by atoms with Crippen LogP contribution in [0.2, 0.25) is 0 Å². The Morgan fingerprint density at radius 3 is 1.18 bits per heavy atom. The van der Waals surface area contributed by atoms with E-state index in [0.29, 0.717) is 19.3 Å². The van der Waals surface area contributed by atoms with E-state index in [1.54, 1.807) is 6.08 Å². The molecule has 9 N–H and O–H groups in total. The van der Waals surface area contributed by atoms with Gasteiger partial charge in [0.15, 0.2) is 0 Å². The molecule has 2 saturated heterocycles. The summed E-state index contributed by atoms with van der Waals surface area (Å²) in [6, 6.07) is 0.230. The first-order chi connectivity index (χ1) is 23.5. The minimum Gasteiger partial charge on any atom is -0.478 e. The van der Waals surface area contributed by atoms with Gasteiger partial charge in [-0.05, 0) is 52.9 Å². The first-order valence-electron chi connectivity index (χ1n) is 15.4. The van der Waals surface area contributed by atoms with Crippen molar-refractivity contribution in [1.82, 2.24) is 4.90 Å². The molecule has 2 fully saturated rings. The number of aliphatic carboxylic acids is 6. The van der Waals surface area contributed by atoms with E-state index in [9.17, 15) is 44.1 Å². The Morgan fingerprint density at radius 2 is 0.941 bits per heavy atom. The summed E-state index contributed by atoms with van der Waals surface area (Å²) < 4.78 is 0. The largest absolute Gasteiger partial charge is 0.478 e.